The Hall–Kier alpha value is -4.03. The molecule has 6 rings (SSSR count). The van der Waals surface area contributed by atoms with E-state index in [-0.39, 0.29) is 12.0 Å². The maximum atomic E-state index is 12.5. The van der Waals surface area contributed by atoms with E-state index in [9.17, 15) is 4.79 Å². The Kier molecular flexibility index (Phi) is 6.42. The molecule has 4 heterocycles. The van der Waals surface area contributed by atoms with Crippen molar-refractivity contribution >= 4 is 27.9 Å². The molecule has 2 aromatic carbocycles. The van der Waals surface area contributed by atoms with Crippen LogP contribution in [0.25, 0.3) is 33.1 Å². The van der Waals surface area contributed by atoms with Gasteiger partial charge in [0.15, 0.2) is 0 Å². The highest BCUT2D eigenvalue weighted by Crippen LogP contribution is 2.42. The zero-order chi connectivity index (χ0) is 26.2. The van der Waals surface area contributed by atoms with Crippen LogP contribution in [-0.4, -0.2) is 40.8 Å². The molecule has 6 heteroatoms. The number of aromatic nitrogens is 3. The van der Waals surface area contributed by atoms with Gasteiger partial charge in [-0.15, -0.1) is 0 Å². The lowest BCUT2D eigenvalue weighted by Crippen LogP contribution is -2.27. The molecule has 1 unspecified atom stereocenters. The molecule has 0 amide bonds. The fourth-order valence-electron chi connectivity index (χ4n) is 6.06. The average molecular weight is 506 g/mol. The second-order valence-electron chi connectivity index (χ2n) is 10.1. The maximum absolute atomic E-state index is 12.5. The van der Waals surface area contributed by atoms with Gasteiger partial charge in [0.25, 0.3) is 0 Å². The van der Waals surface area contributed by atoms with Gasteiger partial charge in [-0.2, -0.15) is 0 Å². The minimum absolute atomic E-state index is 0.0599. The number of benzene rings is 2. The first-order valence-corrected chi connectivity index (χ1v) is 13.1. The number of nitrogens with zero attached hydrogens (tertiary/aromatic N) is 3. The van der Waals surface area contributed by atoms with Crippen molar-refractivity contribution in [2.24, 2.45) is 5.92 Å². The van der Waals surface area contributed by atoms with Crippen LogP contribution in [0.1, 0.15) is 45.9 Å². The van der Waals surface area contributed by atoms with Crippen LogP contribution in [0.3, 0.4) is 0 Å². The Bertz CT molecular complexity index is 1610. The van der Waals surface area contributed by atoms with E-state index in [0.717, 1.165) is 64.7 Å². The van der Waals surface area contributed by atoms with E-state index in [0.29, 0.717) is 11.5 Å². The Morgan fingerprint density at radius 1 is 0.974 bits per heavy atom. The molecule has 192 valence electrons. The van der Waals surface area contributed by atoms with Gasteiger partial charge in [0.2, 0.25) is 0 Å². The molecular weight excluding hydrogens is 474 g/mol. The zero-order valence-corrected chi connectivity index (χ0v) is 22.0. The van der Waals surface area contributed by atoms with Gasteiger partial charge in [-0.1, -0.05) is 42.5 Å². The number of carbonyl (C=O) groups excluding carboxylic acids is 1. The summed E-state index contributed by atoms with van der Waals surface area (Å²) >= 11 is 0. The Balaban J connectivity index is 1.69. The number of fused-ring (bicyclic) bond motifs is 3. The summed E-state index contributed by atoms with van der Waals surface area (Å²) in [4.78, 5) is 21.7. The molecule has 0 spiro atoms. The summed E-state index contributed by atoms with van der Waals surface area (Å²) in [6.45, 7) is 5.71. The topological polar surface area (TPSA) is 66.2 Å². The second-order valence-corrected chi connectivity index (χ2v) is 10.1. The molecule has 0 radical (unpaired) electrons. The van der Waals surface area contributed by atoms with Crippen LogP contribution in [-0.2, 0) is 9.47 Å². The van der Waals surface area contributed by atoms with Gasteiger partial charge in [0.1, 0.15) is 0 Å². The highest BCUT2D eigenvalue weighted by molar-refractivity contribution is 6.08. The van der Waals surface area contributed by atoms with Crippen molar-refractivity contribution in [2.45, 2.75) is 32.7 Å². The SMILES string of the molecule is COC(=O)c1cnc2c3ccc(-c4c(C)cncc4C)cc3n(C(c3ccccc3)C3CCOCC3)c2c1. The highest BCUT2D eigenvalue weighted by Gasteiger charge is 2.30. The lowest BCUT2D eigenvalue weighted by atomic mass is 9.86. The predicted molar refractivity (Wildman–Crippen MR) is 149 cm³/mol. The van der Waals surface area contributed by atoms with Crippen LogP contribution >= 0.6 is 0 Å². The molecule has 1 atom stereocenters. The first-order chi connectivity index (χ1) is 18.6. The van der Waals surface area contributed by atoms with Crippen LogP contribution in [0.15, 0.2) is 73.2 Å². The fourth-order valence-corrected chi connectivity index (χ4v) is 6.06. The highest BCUT2D eigenvalue weighted by atomic mass is 16.5. The summed E-state index contributed by atoms with van der Waals surface area (Å²) in [7, 11) is 1.41. The molecule has 5 aromatic rings. The quantitative estimate of drug-likeness (QED) is 0.250. The van der Waals surface area contributed by atoms with Gasteiger partial charge in [-0.05, 0) is 72.6 Å². The summed E-state index contributed by atoms with van der Waals surface area (Å²) < 4.78 is 13.2. The first kappa shape index (κ1) is 24.3. The summed E-state index contributed by atoms with van der Waals surface area (Å²) in [5, 5.41) is 1.07. The number of pyridine rings is 2. The van der Waals surface area contributed by atoms with Crippen LogP contribution in [0, 0.1) is 19.8 Å². The van der Waals surface area contributed by atoms with Crippen LogP contribution < -0.4 is 0 Å². The Morgan fingerprint density at radius 3 is 2.42 bits per heavy atom. The lowest BCUT2D eigenvalue weighted by molar-refractivity contribution is 0.0553. The molecule has 6 nitrogen and oxygen atoms in total. The van der Waals surface area contributed by atoms with E-state index in [1.165, 1.54) is 18.2 Å². The zero-order valence-electron chi connectivity index (χ0n) is 22.0. The molecule has 1 fully saturated rings. The van der Waals surface area contributed by atoms with Gasteiger partial charge >= 0.3 is 5.97 Å². The molecule has 3 aromatic heterocycles. The van der Waals surface area contributed by atoms with Crippen LogP contribution in [0.4, 0.5) is 0 Å². The van der Waals surface area contributed by atoms with Gasteiger partial charge in [0, 0.05) is 37.2 Å². The van der Waals surface area contributed by atoms with Crippen molar-refractivity contribution in [3.8, 4) is 11.1 Å². The molecule has 1 saturated heterocycles. The molecular formula is C32H31N3O3. The van der Waals surface area contributed by atoms with E-state index < -0.39 is 0 Å². The first-order valence-electron chi connectivity index (χ1n) is 13.1. The number of carbonyl (C=O) groups is 1. The summed E-state index contributed by atoms with van der Waals surface area (Å²) in [5.74, 6) is -0.0120. The van der Waals surface area contributed by atoms with Crippen molar-refractivity contribution in [1.82, 2.24) is 14.5 Å². The number of methoxy groups -OCH3 is 1. The van der Waals surface area contributed by atoms with E-state index in [1.807, 2.05) is 18.5 Å². The fraction of sp³-hybridized carbons (Fsp3) is 0.281. The normalized spacial score (nSPS) is 15.1. The van der Waals surface area contributed by atoms with Crippen molar-refractivity contribution < 1.29 is 14.3 Å². The Morgan fingerprint density at radius 2 is 1.71 bits per heavy atom. The average Bonchev–Trinajstić information content (AvgIpc) is 3.26. The molecule has 0 aliphatic carbocycles. The van der Waals surface area contributed by atoms with Crippen molar-refractivity contribution in [1.29, 1.82) is 0 Å². The van der Waals surface area contributed by atoms with Crippen molar-refractivity contribution in [2.75, 3.05) is 20.3 Å². The lowest BCUT2D eigenvalue weighted by Gasteiger charge is -2.33. The smallest absolute Gasteiger partial charge is 0.339 e. The number of hydrogen-bond acceptors (Lipinski definition) is 5. The number of hydrogen-bond donors (Lipinski definition) is 0. The van der Waals surface area contributed by atoms with Gasteiger partial charge in [-0.3, -0.25) is 9.97 Å². The van der Waals surface area contributed by atoms with E-state index in [2.05, 4.69) is 71.9 Å². The molecule has 38 heavy (non-hydrogen) atoms. The minimum atomic E-state index is -0.387. The predicted octanol–water partition coefficient (Wildman–Crippen LogP) is 6.67. The molecule has 1 aliphatic heterocycles. The third-order valence-electron chi connectivity index (χ3n) is 7.81. The summed E-state index contributed by atoms with van der Waals surface area (Å²) in [6, 6.07) is 19.3. The third kappa shape index (κ3) is 4.15. The Labute approximate surface area is 222 Å². The minimum Gasteiger partial charge on any atom is -0.465 e. The van der Waals surface area contributed by atoms with E-state index in [1.54, 1.807) is 6.20 Å². The summed E-state index contributed by atoms with van der Waals surface area (Å²) in [5.41, 5.74) is 9.23. The largest absolute Gasteiger partial charge is 0.465 e. The van der Waals surface area contributed by atoms with Gasteiger partial charge in [-0.25, -0.2) is 4.79 Å². The number of aryl methyl sites for hydroxylation is 2. The summed E-state index contributed by atoms with van der Waals surface area (Å²) in [6.07, 6.45) is 7.39. The monoisotopic (exact) mass is 505 g/mol. The van der Waals surface area contributed by atoms with Crippen molar-refractivity contribution in [3.05, 3.63) is 95.4 Å². The van der Waals surface area contributed by atoms with E-state index >= 15 is 0 Å². The standard InChI is InChI=1S/C32H31N3O3/c1-20-17-33-18-21(2)29(20)24-9-10-26-27(15-24)35(28-16-25(32(36)37-3)19-34-30(26)28)31(22-7-5-4-6-8-22)23-11-13-38-14-12-23/h4-10,15-19,23,31H,11-14H2,1-3H3. The molecule has 0 saturated carbocycles. The van der Waals surface area contributed by atoms with Gasteiger partial charge in [0.05, 0.1) is 35.3 Å². The number of esters is 1. The second kappa shape index (κ2) is 10.0. The molecule has 0 N–H and O–H groups in total. The van der Waals surface area contributed by atoms with Crippen molar-refractivity contribution in [3.63, 3.8) is 0 Å². The maximum Gasteiger partial charge on any atom is 0.339 e. The number of ether oxygens (including phenoxy) is 2. The van der Waals surface area contributed by atoms with Gasteiger partial charge < -0.3 is 14.0 Å². The third-order valence-corrected chi connectivity index (χ3v) is 7.81. The van der Waals surface area contributed by atoms with Crippen LogP contribution in [0.5, 0.6) is 0 Å². The number of rotatable bonds is 5. The van der Waals surface area contributed by atoms with E-state index in [4.69, 9.17) is 14.5 Å². The molecule has 1 aliphatic rings. The molecule has 0 bridgehead atoms. The van der Waals surface area contributed by atoms with Crippen LogP contribution in [0.2, 0.25) is 0 Å².